The van der Waals surface area contributed by atoms with E-state index in [1.165, 1.54) is 0 Å². The predicted octanol–water partition coefficient (Wildman–Crippen LogP) is 2.62. The van der Waals surface area contributed by atoms with Gasteiger partial charge in [0.05, 0.1) is 18.8 Å². The number of hydrogen-bond donors (Lipinski definition) is 2. The molecule has 0 radical (unpaired) electrons. The molecule has 0 aromatic heterocycles. The van der Waals surface area contributed by atoms with Crippen molar-refractivity contribution in [3.63, 3.8) is 0 Å². The zero-order valence-corrected chi connectivity index (χ0v) is 10.8. The SMILES string of the molecule is CCOc1ccc2ccccc2c1[C@@H](N)[C@H](C)O. The van der Waals surface area contributed by atoms with Gasteiger partial charge in [0.25, 0.3) is 0 Å². The van der Waals surface area contributed by atoms with Crippen molar-refractivity contribution in [2.45, 2.75) is 26.0 Å². The molecule has 96 valence electrons. The lowest BCUT2D eigenvalue weighted by Gasteiger charge is -2.21. The molecule has 2 rings (SSSR count). The molecule has 18 heavy (non-hydrogen) atoms. The van der Waals surface area contributed by atoms with Gasteiger partial charge in [0, 0.05) is 5.56 Å². The van der Waals surface area contributed by atoms with Crippen LogP contribution in [0.4, 0.5) is 0 Å². The van der Waals surface area contributed by atoms with Gasteiger partial charge < -0.3 is 15.6 Å². The fourth-order valence-corrected chi connectivity index (χ4v) is 2.14. The standard InChI is InChI=1S/C15H19NO2/c1-3-18-13-9-8-11-6-4-5-7-12(11)14(13)15(16)10(2)17/h4-10,15,17H,3,16H2,1-2H3/t10-,15-/m0/s1. The Kier molecular flexibility index (Phi) is 3.84. The maximum Gasteiger partial charge on any atom is 0.124 e. The van der Waals surface area contributed by atoms with Crippen LogP contribution in [0.5, 0.6) is 5.75 Å². The van der Waals surface area contributed by atoms with E-state index in [1.807, 2.05) is 43.3 Å². The van der Waals surface area contributed by atoms with Gasteiger partial charge in [-0.1, -0.05) is 30.3 Å². The summed E-state index contributed by atoms with van der Waals surface area (Å²) < 4.78 is 5.63. The highest BCUT2D eigenvalue weighted by Gasteiger charge is 2.19. The van der Waals surface area contributed by atoms with E-state index in [-0.39, 0.29) is 0 Å². The third-order valence-electron chi connectivity index (χ3n) is 3.08. The Morgan fingerprint density at radius 1 is 1.22 bits per heavy atom. The van der Waals surface area contributed by atoms with Crippen LogP contribution in [0, 0.1) is 0 Å². The van der Waals surface area contributed by atoms with E-state index in [9.17, 15) is 5.11 Å². The Labute approximate surface area is 107 Å². The van der Waals surface area contributed by atoms with Crippen LogP contribution in [0.2, 0.25) is 0 Å². The second kappa shape index (κ2) is 5.38. The number of nitrogens with two attached hydrogens (primary N) is 1. The minimum Gasteiger partial charge on any atom is -0.494 e. The van der Waals surface area contributed by atoms with Crippen LogP contribution < -0.4 is 10.5 Å². The average molecular weight is 245 g/mol. The first-order valence-corrected chi connectivity index (χ1v) is 6.23. The largest absolute Gasteiger partial charge is 0.494 e. The molecular weight excluding hydrogens is 226 g/mol. The molecular formula is C15H19NO2. The summed E-state index contributed by atoms with van der Waals surface area (Å²) in [5, 5.41) is 11.9. The molecule has 0 saturated carbocycles. The quantitative estimate of drug-likeness (QED) is 0.870. The lowest BCUT2D eigenvalue weighted by atomic mass is 9.95. The van der Waals surface area contributed by atoms with Gasteiger partial charge in [0.1, 0.15) is 5.75 Å². The maximum absolute atomic E-state index is 9.75. The van der Waals surface area contributed by atoms with Crippen molar-refractivity contribution in [3.8, 4) is 5.75 Å². The molecule has 0 spiro atoms. The third kappa shape index (κ3) is 2.33. The Hall–Kier alpha value is -1.58. The van der Waals surface area contributed by atoms with E-state index in [0.717, 1.165) is 22.1 Å². The molecule has 0 aliphatic carbocycles. The third-order valence-corrected chi connectivity index (χ3v) is 3.08. The number of rotatable bonds is 4. The van der Waals surface area contributed by atoms with Crippen LogP contribution >= 0.6 is 0 Å². The molecule has 0 bridgehead atoms. The average Bonchev–Trinajstić information content (AvgIpc) is 2.38. The summed E-state index contributed by atoms with van der Waals surface area (Å²) in [6, 6.07) is 11.5. The molecule has 2 aromatic rings. The zero-order chi connectivity index (χ0) is 13.1. The highest BCUT2D eigenvalue weighted by atomic mass is 16.5. The molecule has 0 saturated heterocycles. The van der Waals surface area contributed by atoms with E-state index in [0.29, 0.717) is 6.61 Å². The molecule has 0 aliphatic rings. The summed E-state index contributed by atoms with van der Waals surface area (Å²) >= 11 is 0. The van der Waals surface area contributed by atoms with Crippen molar-refractivity contribution in [1.29, 1.82) is 0 Å². The number of fused-ring (bicyclic) bond motifs is 1. The van der Waals surface area contributed by atoms with Crippen LogP contribution in [-0.2, 0) is 0 Å². The molecule has 0 fully saturated rings. The topological polar surface area (TPSA) is 55.5 Å². The molecule has 3 heteroatoms. The van der Waals surface area contributed by atoms with E-state index in [2.05, 4.69) is 0 Å². The van der Waals surface area contributed by atoms with Crippen LogP contribution in [0.25, 0.3) is 10.8 Å². The van der Waals surface area contributed by atoms with Crippen LogP contribution in [0.15, 0.2) is 36.4 Å². The van der Waals surface area contributed by atoms with Gasteiger partial charge in [-0.15, -0.1) is 0 Å². The van der Waals surface area contributed by atoms with Gasteiger partial charge in [-0.2, -0.15) is 0 Å². The first-order chi connectivity index (χ1) is 8.65. The molecule has 2 atom stereocenters. The summed E-state index contributed by atoms with van der Waals surface area (Å²) in [5.41, 5.74) is 6.98. The smallest absolute Gasteiger partial charge is 0.124 e. The highest BCUT2D eigenvalue weighted by Crippen LogP contribution is 2.33. The summed E-state index contributed by atoms with van der Waals surface area (Å²) in [6.45, 7) is 4.22. The van der Waals surface area contributed by atoms with E-state index in [1.54, 1.807) is 6.92 Å². The number of hydrogen-bond acceptors (Lipinski definition) is 3. The van der Waals surface area contributed by atoms with Crippen molar-refractivity contribution >= 4 is 10.8 Å². The van der Waals surface area contributed by atoms with Gasteiger partial charge in [-0.3, -0.25) is 0 Å². The second-order valence-corrected chi connectivity index (χ2v) is 4.40. The molecule has 0 unspecified atom stereocenters. The Morgan fingerprint density at radius 2 is 1.94 bits per heavy atom. The summed E-state index contributed by atoms with van der Waals surface area (Å²) in [7, 11) is 0. The fraction of sp³-hybridized carbons (Fsp3) is 0.333. The predicted molar refractivity (Wildman–Crippen MR) is 73.7 cm³/mol. The van der Waals surface area contributed by atoms with Crippen molar-refractivity contribution in [1.82, 2.24) is 0 Å². The maximum atomic E-state index is 9.75. The van der Waals surface area contributed by atoms with Gasteiger partial charge in [0.2, 0.25) is 0 Å². The van der Waals surface area contributed by atoms with E-state index < -0.39 is 12.1 Å². The minimum atomic E-state index is -0.616. The van der Waals surface area contributed by atoms with Gasteiger partial charge in [0.15, 0.2) is 0 Å². The lowest BCUT2D eigenvalue weighted by Crippen LogP contribution is -2.24. The molecule has 2 aromatic carbocycles. The number of benzene rings is 2. The van der Waals surface area contributed by atoms with Gasteiger partial charge in [-0.25, -0.2) is 0 Å². The zero-order valence-electron chi connectivity index (χ0n) is 10.8. The highest BCUT2D eigenvalue weighted by molar-refractivity contribution is 5.88. The summed E-state index contributed by atoms with van der Waals surface area (Å²) in [4.78, 5) is 0. The van der Waals surface area contributed by atoms with Gasteiger partial charge in [-0.05, 0) is 30.7 Å². The van der Waals surface area contributed by atoms with E-state index in [4.69, 9.17) is 10.5 Å². The van der Waals surface area contributed by atoms with Gasteiger partial charge >= 0.3 is 0 Å². The molecule has 0 amide bonds. The van der Waals surface area contributed by atoms with E-state index >= 15 is 0 Å². The summed E-state index contributed by atoms with van der Waals surface area (Å²) in [5.74, 6) is 0.754. The molecule has 3 N–H and O–H groups in total. The van der Waals surface area contributed by atoms with Crippen molar-refractivity contribution in [2.24, 2.45) is 5.73 Å². The molecule has 0 heterocycles. The van der Waals surface area contributed by atoms with Crippen molar-refractivity contribution in [2.75, 3.05) is 6.61 Å². The molecule has 0 aliphatic heterocycles. The monoisotopic (exact) mass is 245 g/mol. The Balaban J connectivity index is 2.66. The first kappa shape index (κ1) is 12.9. The fourth-order valence-electron chi connectivity index (χ4n) is 2.14. The number of aliphatic hydroxyl groups is 1. The number of ether oxygens (including phenoxy) is 1. The van der Waals surface area contributed by atoms with Crippen molar-refractivity contribution < 1.29 is 9.84 Å². The van der Waals surface area contributed by atoms with Crippen LogP contribution in [0.3, 0.4) is 0 Å². The normalized spacial score (nSPS) is 14.4. The van der Waals surface area contributed by atoms with Crippen LogP contribution in [0.1, 0.15) is 25.5 Å². The minimum absolute atomic E-state index is 0.447. The lowest BCUT2D eigenvalue weighted by molar-refractivity contribution is 0.162. The Morgan fingerprint density at radius 3 is 2.61 bits per heavy atom. The molecule has 3 nitrogen and oxygen atoms in total. The first-order valence-electron chi connectivity index (χ1n) is 6.23. The number of aliphatic hydroxyl groups excluding tert-OH is 1. The summed E-state index contributed by atoms with van der Waals surface area (Å²) in [6.07, 6.45) is -0.616. The van der Waals surface area contributed by atoms with Crippen molar-refractivity contribution in [3.05, 3.63) is 42.0 Å². The second-order valence-electron chi connectivity index (χ2n) is 4.40. The van der Waals surface area contributed by atoms with Crippen LogP contribution in [-0.4, -0.2) is 17.8 Å². The Bertz CT molecular complexity index is 537.